The van der Waals surface area contributed by atoms with Crippen LogP contribution < -0.4 is 21.9 Å². The highest BCUT2D eigenvalue weighted by Crippen LogP contribution is 2.09. The summed E-state index contributed by atoms with van der Waals surface area (Å²) >= 11 is 0. The summed E-state index contributed by atoms with van der Waals surface area (Å²) in [7, 11) is 0. The van der Waals surface area contributed by atoms with Gasteiger partial charge in [-0.15, -0.1) is 0 Å². The molecule has 0 aliphatic carbocycles. The topological polar surface area (TPSA) is 12.9 Å². The van der Waals surface area contributed by atoms with Crippen LogP contribution in [-0.2, 0) is 0 Å². The maximum atomic E-state index is 3.78. The molecule has 150 valence electrons. The van der Waals surface area contributed by atoms with Crippen LogP contribution in [0.25, 0.3) is 0 Å². The average Bonchev–Trinajstić information content (AvgIpc) is 2.89. The quantitative estimate of drug-likeness (QED) is 0.415. The first kappa shape index (κ1) is 20.4. The van der Waals surface area contributed by atoms with Gasteiger partial charge in [-0.05, 0) is 12.1 Å². The van der Waals surface area contributed by atoms with Gasteiger partial charge in [-0.2, -0.15) is 21.9 Å². The minimum Gasteiger partial charge on any atom is -0.265 e. The first-order chi connectivity index (χ1) is 15.4. The van der Waals surface area contributed by atoms with Gasteiger partial charge in [0.15, 0.2) is 0 Å². The molecular weight excluding hydrogens is 373 g/mol. The second-order valence-corrected chi connectivity index (χ2v) is 7.53. The van der Waals surface area contributed by atoms with Gasteiger partial charge in [0, 0.05) is 12.4 Å². The van der Waals surface area contributed by atoms with E-state index in [1.54, 1.807) is 12.4 Å². The molecule has 0 amide bonds. The van der Waals surface area contributed by atoms with E-state index in [9.17, 15) is 0 Å². The lowest BCUT2D eigenvalue weighted by Crippen LogP contribution is -2.74. The first-order valence-electron chi connectivity index (χ1n) is 10.6. The molecule has 0 aliphatic heterocycles. The summed E-state index contributed by atoms with van der Waals surface area (Å²) in [6, 6.07) is 49.2. The van der Waals surface area contributed by atoms with Crippen molar-refractivity contribution in [2.24, 2.45) is 0 Å². The van der Waals surface area contributed by atoms with Crippen molar-refractivity contribution in [3.05, 3.63) is 152 Å². The fourth-order valence-corrected chi connectivity index (χ4v) is 4.43. The summed E-state index contributed by atoms with van der Waals surface area (Å²) < 4.78 is 0. The van der Waals surface area contributed by atoms with Gasteiger partial charge in [-0.3, -0.25) is 4.98 Å². The van der Waals surface area contributed by atoms with Crippen molar-refractivity contribution in [2.75, 3.05) is 0 Å². The number of hydrogen-bond acceptors (Lipinski definition) is 1. The van der Waals surface area contributed by atoms with E-state index in [1.165, 1.54) is 21.9 Å². The first-order valence-corrected chi connectivity index (χ1v) is 10.6. The van der Waals surface area contributed by atoms with Crippen LogP contribution in [0.3, 0.4) is 0 Å². The number of pyridine rings is 1. The molecule has 0 atom stereocenters. The maximum absolute atomic E-state index is 3.78. The zero-order valence-electron chi connectivity index (χ0n) is 17.5. The molecule has 0 saturated heterocycles. The lowest BCUT2D eigenvalue weighted by atomic mass is 9.13. The highest BCUT2D eigenvalue weighted by Gasteiger charge is 2.30. The third kappa shape index (κ3) is 4.49. The Balaban J connectivity index is 0.000000334. The van der Waals surface area contributed by atoms with Gasteiger partial charge in [0.1, 0.15) is 6.15 Å². The Morgan fingerprint density at radius 2 is 0.581 bits per heavy atom. The highest BCUT2D eigenvalue weighted by molar-refractivity contribution is 7.19. The number of nitrogens with zero attached hydrogens (tertiary/aromatic N) is 1. The molecule has 2 heteroatoms. The smallest absolute Gasteiger partial charge is 0.108 e. The van der Waals surface area contributed by atoms with Gasteiger partial charge in [-0.25, -0.2) is 0 Å². The third-order valence-electron chi connectivity index (χ3n) is 5.76. The van der Waals surface area contributed by atoms with E-state index in [2.05, 4.69) is 126 Å². The predicted molar refractivity (Wildman–Crippen MR) is 134 cm³/mol. The van der Waals surface area contributed by atoms with Crippen LogP contribution >= 0.6 is 0 Å². The maximum Gasteiger partial charge on any atom is 0.108 e. The minimum absolute atomic E-state index is 1.22. The number of benzene rings is 4. The summed E-state index contributed by atoms with van der Waals surface area (Å²) in [5.74, 6) is 0. The molecule has 1 aromatic heterocycles. The third-order valence-corrected chi connectivity index (χ3v) is 5.76. The molecule has 1 nitrogen and oxygen atoms in total. The van der Waals surface area contributed by atoms with Crippen molar-refractivity contribution in [1.82, 2.24) is 4.98 Å². The number of aromatic nitrogens is 1. The zero-order chi connectivity index (χ0) is 21.2. The summed E-state index contributed by atoms with van der Waals surface area (Å²) in [5, 5.41) is 0. The Kier molecular flexibility index (Phi) is 6.72. The van der Waals surface area contributed by atoms with Crippen LogP contribution in [0.2, 0.25) is 0 Å². The molecule has 0 aliphatic rings. The van der Waals surface area contributed by atoms with Crippen molar-refractivity contribution in [2.45, 2.75) is 0 Å². The fourth-order valence-electron chi connectivity index (χ4n) is 4.43. The zero-order valence-corrected chi connectivity index (χ0v) is 17.5. The summed E-state index contributed by atoms with van der Waals surface area (Å²) in [6.45, 7) is 0. The van der Waals surface area contributed by atoms with Crippen LogP contribution in [0.4, 0.5) is 0 Å². The van der Waals surface area contributed by atoms with Crippen molar-refractivity contribution in [3.8, 4) is 0 Å². The summed E-state index contributed by atoms with van der Waals surface area (Å²) in [4.78, 5) is 3.78. The van der Waals surface area contributed by atoms with E-state index < -0.39 is 6.15 Å². The molecule has 1 heterocycles. The fraction of sp³-hybridized carbons (Fsp3) is 0. The molecule has 0 bridgehead atoms. The van der Waals surface area contributed by atoms with Crippen molar-refractivity contribution < 1.29 is 0 Å². The van der Waals surface area contributed by atoms with E-state index in [4.69, 9.17) is 0 Å². The van der Waals surface area contributed by atoms with Crippen LogP contribution in [0.15, 0.2) is 152 Å². The second-order valence-electron chi connectivity index (χ2n) is 7.53. The van der Waals surface area contributed by atoms with Crippen LogP contribution in [-0.4, -0.2) is 11.1 Å². The van der Waals surface area contributed by atoms with Crippen molar-refractivity contribution in [1.29, 1.82) is 0 Å². The van der Waals surface area contributed by atoms with Gasteiger partial charge >= 0.3 is 0 Å². The Bertz CT molecular complexity index is 956. The van der Waals surface area contributed by atoms with Crippen molar-refractivity contribution in [3.63, 3.8) is 0 Å². The van der Waals surface area contributed by atoms with E-state index >= 15 is 0 Å². The highest BCUT2D eigenvalue weighted by atomic mass is 14.6. The number of hydrogen-bond donors (Lipinski definition) is 0. The molecule has 0 fully saturated rings. The van der Waals surface area contributed by atoms with Crippen LogP contribution in [0.1, 0.15) is 0 Å². The molecule has 0 saturated carbocycles. The average molecular weight is 398 g/mol. The molecular formula is C29H25BN-. The standard InChI is InChI=1S/C24H20B.C5H5N/c1-5-13-21(14-6-1)25(22-15-7-2-8-16-22,23-17-9-3-10-18-23)24-19-11-4-12-20-24;1-2-4-6-5-3-1/h1-20H;1-5H/q-1;. The van der Waals surface area contributed by atoms with Gasteiger partial charge in [0.05, 0.1) is 0 Å². The second kappa shape index (κ2) is 10.2. The van der Waals surface area contributed by atoms with Crippen LogP contribution in [0, 0.1) is 0 Å². The summed E-state index contributed by atoms with van der Waals surface area (Å²) in [6.07, 6.45) is 2.28. The largest absolute Gasteiger partial charge is 0.265 e. The van der Waals surface area contributed by atoms with Gasteiger partial charge in [-0.1, -0.05) is 127 Å². The molecule has 5 aromatic rings. The number of rotatable bonds is 4. The van der Waals surface area contributed by atoms with E-state index in [0.717, 1.165) is 0 Å². The Morgan fingerprint density at radius 1 is 0.323 bits per heavy atom. The van der Waals surface area contributed by atoms with Gasteiger partial charge in [0.2, 0.25) is 0 Å². The molecule has 0 unspecified atom stereocenters. The molecule has 4 aromatic carbocycles. The normalized spacial score (nSPS) is 10.6. The lowest BCUT2D eigenvalue weighted by molar-refractivity contribution is 1.33. The molecule has 31 heavy (non-hydrogen) atoms. The minimum atomic E-state index is -1.22. The predicted octanol–water partition coefficient (Wildman–Crippen LogP) is 4.15. The molecule has 0 N–H and O–H groups in total. The van der Waals surface area contributed by atoms with Crippen molar-refractivity contribution >= 4 is 28.0 Å². The summed E-state index contributed by atoms with van der Waals surface area (Å²) in [5.41, 5.74) is 5.36. The Labute approximate surface area is 185 Å². The Hall–Kier alpha value is -3.91. The van der Waals surface area contributed by atoms with Crippen LogP contribution in [0.5, 0.6) is 0 Å². The molecule has 0 spiro atoms. The SMILES string of the molecule is c1ccc([B-](c2ccccc2)(c2ccccc2)c2ccccc2)cc1.c1ccncc1. The lowest BCUT2D eigenvalue weighted by Gasteiger charge is -2.44. The Morgan fingerprint density at radius 3 is 0.774 bits per heavy atom. The van der Waals surface area contributed by atoms with Gasteiger partial charge < -0.3 is 0 Å². The molecule has 5 rings (SSSR count). The van der Waals surface area contributed by atoms with Gasteiger partial charge in [0.25, 0.3) is 0 Å². The monoisotopic (exact) mass is 398 g/mol. The van der Waals surface area contributed by atoms with E-state index in [0.29, 0.717) is 0 Å². The van der Waals surface area contributed by atoms with E-state index in [1.807, 2.05) is 18.2 Å². The molecule has 0 radical (unpaired) electrons. The van der Waals surface area contributed by atoms with E-state index in [-0.39, 0.29) is 0 Å².